The Morgan fingerprint density at radius 2 is 1.90 bits per heavy atom. The molecule has 1 aliphatic rings. The molecule has 2 aromatic heterocycles. The summed E-state index contributed by atoms with van der Waals surface area (Å²) in [6.07, 6.45) is -0.177. The number of benzene rings is 2. The van der Waals surface area contributed by atoms with Crippen LogP contribution in [-0.4, -0.2) is 35.1 Å². The zero-order valence-electron chi connectivity index (χ0n) is 22.2. The Morgan fingerprint density at radius 3 is 2.59 bits per heavy atom. The van der Waals surface area contributed by atoms with Crippen LogP contribution in [0.4, 0.5) is 21.0 Å². The number of aromatic nitrogens is 2. The van der Waals surface area contributed by atoms with Crippen molar-refractivity contribution in [1.82, 2.24) is 9.97 Å². The van der Waals surface area contributed by atoms with Crippen molar-refractivity contribution < 1.29 is 18.6 Å². The molecule has 1 saturated heterocycles. The summed E-state index contributed by atoms with van der Waals surface area (Å²) in [6.45, 7) is 4.48. The summed E-state index contributed by atoms with van der Waals surface area (Å²) in [7, 11) is 0. The number of ether oxygens (including phenoxy) is 3. The molecule has 5 rings (SSSR count). The molecule has 0 aliphatic carbocycles. The molecule has 0 bridgehead atoms. The van der Waals surface area contributed by atoms with Crippen molar-refractivity contribution in [2.75, 3.05) is 24.3 Å². The summed E-state index contributed by atoms with van der Waals surface area (Å²) in [5, 5.41) is 25.7. The topological polar surface area (TPSA) is 139 Å². The van der Waals surface area contributed by atoms with Crippen molar-refractivity contribution in [3.05, 3.63) is 76.5 Å². The van der Waals surface area contributed by atoms with Gasteiger partial charge in [-0.2, -0.15) is 10.5 Å². The van der Waals surface area contributed by atoms with Crippen molar-refractivity contribution in [3.63, 3.8) is 0 Å². The van der Waals surface area contributed by atoms with Crippen LogP contribution in [0.5, 0.6) is 5.75 Å². The Balaban J connectivity index is 1.33. The van der Waals surface area contributed by atoms with Gasteiger partial charge in [0.15, 0.2) is 10.9 Å². The quantitative estimate of drug-likeness (QED) is 0.216. The molecule has 0 saturated carbocycles. The molecule has 1 fully saturated rings. The number of para-hydroxylation sites is 1. The number of hydrogen-bond acceptors (Lipinski definition) is 11. The average Bonchev–Trinajstić information content (AvgIpc) is 3.56. The first-order valence-corrected chi connectivity index (χ1v) is 14.4. The number of halogens is 1. The molecular weight excluding hydrogens is 563 g/mol. The van der Waals surface area contributed by atoms with Crippen molar-refractivity contribution in [2.24, 2.45) is 0 Å². The van der Waals surface area contributed by atoms with Gasteiger partial charge in [-0.15, -0.1) is 11.3 Å². The number of nitrogens with two attached hydrogens (primary N) is 1. The van der Waals surface area contributed by atoms with Crippen LogP contribution in [0.2, 0.25) is 0 Å². The molecule has 0 radical (unpaired) electrons. The van der Waals surface area contributed by atoms with Crippen LogP contribution in [0.3, 0.4) is 0 Å². The SMILES string of the molecule is CC1(C)OC[C@@H](COc2ccc(-c3c(C#N)c(N)nc(SCc4csc(Nc5ccccc5F)n4)c3C#N)cc2)O1. The first-order valence-electron chi connectivity index (χ1n) is 12.5. The third-order valence-corrected chi connectivity index (χ3v) is 7.90. The molecule has 9 nitrogen and oxygen atoms in total. The predicted molar refractivity (Wildman–Crippen MR) is 155 cm³/mol. The number of anilines is 3. The van der Waals surface area contributed by atoms with E-state index < -0.39 is 5.79 Å². The minimum atomic E-state index is -0.628. The Hall–Kier alpha value is -4.20. The zero-order valence-corrected chi connectivity index (χ0v) is 23.8. The Labute approximate surface area is 244 Å². The maximum absolute atomic E-state index is 14.0. The number of nitrogens with one attached hydrogen (secondary N) is 1. The van der Waals surface area contributed by atoms with E-state index in [4.69, 9.17) is 19.9 Å². The van der Waals surface area contributed by atoms with Gasteiger partial charge in [-0.25, -0.2) is 14.4 Å². The fraction of sp³-hybridized carbons (Fsp3) is 0.241. The molecule has 41 heavy (non-hydrogen) atoms. The van der Waals surface area contributed by atoms with E-state index in [1.54, 1.807) is 42.5 Å². The van der Waals surface area contributed by atoms with Gasteiger partial charge in [0.2, 0.25) is 0 Å². The molecule has 2 aromatic carbocycles. The molecule has 4 aromatic rings. The second-order valence-corrected chi connectivity index (χ2v) is 11.3. The Bertz CT molecular complexity index is 1650. The summed E-state index contributed by atoms with van der Waals surface area (Å²) in [5.41, 5.74) is 8.63. The van der Waals surface area contributed by atoms with Crippen molar-refractivity contribution in [2.45, 2.75) is 36.5 Å². The highest BCUT2D eigenvalue weighted by Crippen LogP contribution is 2.37. The standard InChI is InChI=1S/C29H25FN6O3S2/c1-29(2)38-14-20(39-29)13-37-19-9-7-17(8-10-19)25-21(11-31)26(33)36-27(22(25)12-32)40-15-18-16-41-28(34-18)35-24-6-4-3-5-23(24)30/h3-10,16,20H,13-15H2,1-2H3,(H2,33,36)(H,34,35)/t20-/m1/s1. The number of nitriles is 2. The van der Waals surface area contributed by atoms with Gasteiger partial charge in [0, 0.05) is 16.7 Å². The predicted octanol–water partition coefficient (Wildman–Crippen LogP) is 6.24. The van der Waals surface area contributed by atoms with E-state index in [-0.39, 0.29) is 28.9 Å². The summed E-state index contributed by atoms with van der Waals surface area (Å²) < 4.78 is 31.2. The Morgan fingerprint density at radius 1 is 1.15 bits per heavy atom. The van der Waals surface area contributed by atoms with E-state index in [1.807, 2.05) is 19.2 Å². The maximum atomic E-state index is 14.0. The number of rotatable bonds is 9. The smallest absolute Gasteiger partial charge is 0.187 e. The van der Waals surface area contributed by atoms with E-state index >= 15 is 0 Å². The van der Waals surface area contributed by atoms with Gasteiger partial charge in [0.05, 0.1) is 23.6 Å². The molecule has 12 heteroatoms. The average molecular weight is 589 g/mol. The van der Waals surface area contributed by atoms with E-state index in [9.17, 15) is 14.9 Å². The molecule has 0 spiro atoms. The van der Waals surface area contributed by atoms with Crippen LogP contribution in [0, 0.1) is 28.5 Å². The van der Waals surface area contributed by atoms with E-state index in [0.717, 1.165) is 5.69 Å². The number of nitrogen functional groups attached to an aromatic ring is 1. The highest BCUT2D eigenvalue weighted by Gasteiger charge is 2.33. The van der Waals surface area contributed by atoms with Gasteiger partial charge in [0.25, 0.3) is 0 Å². The van der Waals surface area contributed by atoms with Gasteiger partial charge in [0.1, 0.15) is 52.8 Å². The monoisotopic (exact) mass is 588 g/mol. The lowest BCUT2D eigenvalue weighted by molar-refractivity contribution is -0.141. The minimum absolute atomic E-state index is 0.0329. The number of pyridine rings is 1. The Kier molecular flexibility index (Phi) is 8.38. The number of nitrogens with zero attached hydrogens (tertiary/aromatic N) is 4. The third-order valence-electron chi connectivity index (χ3n) is 6.09. The molecule has 3 heterocycles. The van der Waals surface area contributed by atoms with Gasteiger partial charge < -0.3 is 25.3 Å². The second-order valence-electron chi connectivity index (χ2n) is 9.47. The summed E-state index contributed by atoms with van der Waals surface area (Å²) >= 11 is 2.62. The summed E-state index contributed by atoms with van der Waals surface area (Å²) in [4.78, 5) is 8.87. The van der Waals surface area contributed by atoms with E-state index in [0.29, 0.717) is 51.7 Å². The van der Waals surface area contributed by atoms with Crippen LogP contribution in [0.15, 0.2) is 58.9 Å². The second kappa shape index (κ2) is 12.1. The van der Waals surface area contributed by atoms with Gasteiger partial charge in [-0.3, -0.25) is 0 Å². The number of hydrogen-bond donors (Lipinski definition) is 2. The maximum Gasteiger partial charge on any atom is 0.187 e. The highest BCUT2D eigenvalue weighted by molar-refractivity contribution is 7.98. The largest absolute Gasteiger partial charge is 0.491 e. The van der Waals surface area contributed by atoms with Crippen molar-refractivity contribution in [1.29, 1.82) is 10.5 Å². The molecule has 1 aliphatic heterocycles. The minimum Gasteiger partial charge on any atom is -0.491 e. The molecular formula is C29H25FN6O3S2. The molecule has 0 unspecified atom stereocenters. The van der Waals surface area contributed by atoms with Gasteiger partial charge in [-0.05, 0) is 43.7 Å². The fourth-order valence-corrected chi connectivity index (χ4v) is 5.91. The first-order chi connectivity index (χ1) is 19.8. The lowest BCUT2D eigenvalue weighted by Gasteiger charge is -2.17. The van der Waals surface area contributed by atoms with Crippen LogP contribution >= 0.6 is 23.1 Å². The molecule has 1 atom stereocenters. The number of thiazole rings is 1. The molecule has 208 valence electrons. The van der Waals surface area contributed by atoms with Crippen LogP contribution in [0.1, 0.15) is 30.7 Å². The van der Waals surface area contributed by atoms with Gasteiger partial charge >= 0.3 is 0 Å². The van der Waals surface area contributed by atoms with Crippen LogP contribution < -0.4 is 15.8 Å². The van der Waals surface area contributed by atoms with Gasteiger partial charge in [-0.1, -0.05) is 36.0 Å². The fourth-order valence-electron chi connectivity index (χ4n) is 4.19. The van der Waals surface area contributed by atoms with Crippen LogP contribution in [-0.2, 0) is 15.2 Å². The lowest BCUT2D eigenvalue weighted by Crippen LogP contribution is -2.25. The lowest BCUT2D eigenvalue weighted by atomic mass is 9.97. The highest BCUT2D eigenvalue weighted by atomic mass is 32.2. The first kappa shape index (κ1) is 28.3. The summed E-state index contributed by atoms with van der Waals surface area (Å²) in [6, 6.07) is 17.7. The number of thioether (sulfide) groups is 1. The van der Waals surface area contributed by atoms with E-state index in [2.05, 4.69) is 27.4 Å². The third kappa shape index (κ3) is 6.59. The van der Waals surface area contributed by atoms with E-state index in [1.165, 1.54) is 29.2 Å². The molecule has 3 N–H and O–H groups in total. The normalized spacial score (nSPS) is 15.7. The van der Waals surface area contributed by atoms with Crippen molar-refractivity contribution in [3.8, 4) is 29.0 Å². The van der Waals surface area contributed by atoms with Crippen molar-refractivity contribution >= 4 is 39.7 Å². The summed E-state index contributed by atoms with van der Waals surface area (Å²) in [5.74, 6) is 0.0299. The van der Waals surface area contributed by atoms with Crippen LogP contribution in [0.25, 0.3) is 11.1 Å². The zero-order chi connectivity index (χ0) is 29.0. The molecule has 0 amide bonds.